The van der Waals surface area contributed by atoms with E-state index in [0.717, 1.165) is 64.7 Å². The predicted octanol–water partition coefficient (Wildman–Crippen LogP) is -0.136. The van der Waals surface area contributed by atoms with Crippen molar-refractivity contribution in [1.82, 2.24) is 59.5 Å². The Morgan fingerprint density at radius 3 is 1.35 bits per heavy atom. The van der Waals surface area contributed by atoms with Crippen molar-refractivity contribution in [2.24, 2.45) is 0 Å². The average Bonchev–Trinajstić information content (AvgIpc) is 4.18. The summed E-state index contributed by atoms with van der Waals surface area (Å²) >= 11 is 0. The molecule has 360 valence electrons. The van der Waals surface area contributed by atoms with Crippen molar-refractivity contribution in [2.75, 3.05) is 89.0 Å². The van der Waals surface area contributed by atoms with Crippen LogP contribution in [0.15, 0.2) is 12.7 Å². The number of alkyl carbamates (subject to hydrolysis) is 2. The Kier molecular flexibility index (Phi) is 13.0. The van der Waals surface area contributed by atoms with Gasteiger partial charge in [0, 0.05) is 50.3 Å². The van der Waals surface area contributed by atoms with Crippen molar-refractivity contribution >= 4 is 58.0 Å². The van der Waals surface area contributed by atoms with E-state index in [1.54, 1.807) is 21.8 Å². The Bertz CT molecular complexity index is 2210. The summed E-state index contributed by atoms with van der Waals surface area (Å²) in [6.07, 6.45) is 2.63. The highest BCUT2D eigenvalue weighted by atomic mass is 16.5. The molecule has 2 amide bonds. The van der Waals surface area contributed by atoms with Crippen molar-refractivity contribution in [3.63, 3.8) is 0 Å². The molecule has 6 heterocycles. The highest BCUT2D eigenvalue weighted by Gasteiger charge is 2.46. The summed E-state index contributed by atoms with van der Waals surface area (Å²) in [5.41, 5.74) is 2.14. The molecule has 5 fully saturated rings. The maximum Gasteiger partial charge on any atom is 0.407 e. The number of hydrogen-bond acceptors (Lipinski definition) is 20. The first-order valence-corrected chi connectivity index (χ1v) is 23.0. The molecule has 66 heavy (non-hydrogen) atoms. The lowest BCUT2D eigenvalue weighted by atomic mass is 9.91. The van der Waals surface area contributed by atoms with Crippen LogP contribution in [0.5, 0.6) is 0 Å². The van der Waals surface area contributed by atoms with Crippen LogP contribution in [0.2, 0.25) is 0 Å². The van der Waals surface area contributed by atoms with E-state index in [0.29, 0.717) is 57.9 Å². The summed E-state index contributed by atoms with van der Waals surface area (Å²) in [7, 11) is 10.8. The molecule has 24 heteroatoms. The van der Waals surface area contributed by atoms with Crippen molar-refractivity contribution in [1.29, 1.82) is 0 Å². The van der Waals surface area contributed by atoms with E-state index in [1.165, 1.54) is 14.2 Å². The Hall–Kier alpha value is -5.40. The monoisotopic (exact) mass is 921 g/mol. The molecule has 0 spiro atoms. The number of nitrogens with one attached hydrogen (secondary N) is 4. The molecule has 3 saturated carbocycles. The van der Waals surface area contributed by atoms with Crippen molar-refractivity contribution in [2.45, 2.75) is 124 Å². The molecule has 4 aromatic rings. The van der Waals surface area contributed by atoms with Gasteiger partial charge in [-0.3, -0.25) is 0 Å². The van der Waals surface area contributed by atoms with Gasteiger partial charge in [-0.1, -0.05) is 0 Å². The van der Waals surface area contributed by atoms with E-state index in [4.69, 9.17) is 39.4 Å². The van der Waals surface area contributed by atoms with Gasteiger partial charge in [0.25, 0.3) is 0 Å². The summed E-state index contributed by atoms with van der Waals surface area (Å²) in [5.74, 6) is 2.29. The maximum atomic E-state index is 12.1. The lowest BCUT2D eigenvalue weighted by molar-refractivity contribution is 0.0142. The topological polar surface area (TPSA) is 282 Å². The van der Waals surface area contributed by atoms with Gasteiger partial charge in [0.1, 0.15) is 24.4 Å². The highest BCUT2D eigenvalue weighted by Crippen LogP contribution is 2.38. The molecular formula is C42H64N16O8. The van der Waals surface area contributed by atoms with Crippen molar-refractivity contribution < 1.29 is 39.5 Å². The zero-order valence-electron chi connectivity index (χ0n) is 38.4. The molecule has 3 aliphatic carbocycles. The summed E-state index contributed by atoms with van der Waals surface area (Å²) in [4.78, 5) is 62.6. The zero-order valence-corrected chi connectivity index (χ0v) is 38.4. The summed E-state index contributed by atoms with van der Waals surface area (Å²) in [6.45, 7) is 3.04. The normalized spacial score (nSPS) is 31.4. The Labute approximate surface area is 382 Å². The standard InChI is InChI=1S/C42H64N16O8/c1-53(2)23-11-13-55(17-23)39-49-35(29-37(51-39)57(19-43-29)27-15-25(31(59)33(27)61)47-41(63)65-5)45-21-7-9-22(10-8-21)46-36-30-38(52-40(50-36)56-14-12-24(18-56)54(3)4)58(20-44-30)28-16-26(32(60)34(28)62)48-42(64)66-6/h19-28,31-34,59-62H,7-18H2,1-6H3,(H,47,63)(H,48,64)(H,45,49,51)(H,46,50,52)/t21?,22?,23-,24-,25+,26+,27-,28-,31-,32-,33+,34+/m1/s1. The molecule has 4 aromatic heterocycles. The van der Waals surface area contributed by atoms with E-state index < -0.39 is 60.8 Å². The number of aliphatic hydroxyl groups is 4. The molecule has 0 unspecified atom stereocenters. The molecule has 2 aliphatic heterocycles. The highest BCUT2D eigenvalue weighted by molar-refractivity contribution is 5.86. The molecule has 0 radical (unpaired) electrons. The van der Waals surface area contributed by atoms with Crippen LogP contribution < -0.4 is 31.1 Å². The summed E-state index contributed by atoms with van der Waals surface area (Å²) in [5, 5.41) is 57.0. The first kappa shape index (κ1) is 45.7. The van der Waals surface area contributed by atoms with Crippen LogP contribution in [0.25, 0.3) is 22.3 Å². The largest absolute Gasteiger partial charge is 0.453 e. The van der Waals surface area contributed by atoms with Gasteiger partial charge >= 0.3 is 12.2 Å². The Morgan fingerprint density at radius 2 is 1.00 bits per heavy atom. The first-order chi connectivity index (χ1) is 31.7. The van der Waals surface area contributed by atoms with E-state index in [-0.39, 0.29) is 24.9 Å². The van der Waals surface area contributed by atoms with E-state index in [1.807, 2.05) is 0 Å². The molecule has 24 nitrogen and oxygen atoms in total. The molecule has 5 aliphatic rings. The van der Waals surface area contributed by atoms with Gasteiger partial charge in [0.2, 0.25) is 11.9 Å². The van der Waals surface area contributed by atoms with Crippen LogP contribution in [0.3, 0.4) is 0 Å². The second-order valence-electron chi connectivity index (χ2n) is 19.0. The number of rotatable bonds is 12. The second kappa shape index (κ2) is 18.7. The Balaban J connectivity index is 0.953. The number of amides is 2. The Morgan fingerprint density at radius 1 is 0.606 bits per heavy atom. The van der Waals surface area contributed by atoms with E-state index in [9.17, 15) is 30.0 Å². The third kappa shape index (κ3) is 8.80. The number of aromatic nitrogens is 8. The van der Waals surface area contributed by atoms with Crippen LogP contribution in [0.4, 0.5) is 33.1 Å². The molecule has 0 bridgehead atoms. The number of carbonyl (C=O) groups excluding carboxylic acids is 2. The zero-order chi connectivity index (χ0) is 46.6. The molecule has 0 aromatic carbocycles. The van der Waals surface area contributed by atoms with Crippen molar-refractivity contribution in [3.8, 4) is 0 Å². The minimum absolute atomic E-state index is 0.0503. The van der Waals surface area contributed by atoms with Gasteiger partial charge < -0.3 is 79.9 Å². The third-order valence-electron chi connectivity index (χ3n) is 14.6. The van der Waals surface area contributed by atoms with Crippen LogP contribution in [0, 0.1) is 0 Å². The summed E-state index contributed by atoms with van der Waals surface area (Å²) < 4.78 is 13.1. The molecule has 10 atom stereocenters. The fraction of sp³-hybridized carbons (Fsp3) is 0.714. The number of likely N-dealkylation sites (N-methyl/N-ethyl adjacent to an activating group) is 2. The number of nitrogens with zero attached hydrogens (tertiary/aromatic N) is 12. The number of methoxy groups -OCH3 is 2. The second-order valence-corrected chi connectivity index (χ2v) is 19.0. The minimum atomic E-state index is -1.22. The molecule has 8 N–H and O–H groups in total. The smallest absolute Gasteiger partial charge is 0.407 e. The average molecular weight is 921 g/mol. The van der Waals surface area contributed by atoms with Crippen LogP contribution in [0.1, 0.15) is 63.5 Å². The van der Waals surface area contributed by atoms with Crippen LogP contribution in [-0.2, 0) is 9.47 Å². The lowest BCUT2D eigenvalue weighted by Gasteiger charge is -2.31. The van der Waals surface area contributed by atoms with Gasteiger partial charge in [0.15, 0.2) is 34.0 Å². The third-order valence-corrected chi connectivity index (χ3v) is 14.6. The summed E-state index contributed by atoms with van der Waals surface area (Å²) in [6, 6.07) is -1.92. The van der Waals surface area contributed by atoms with E-state index in [2.05, 4.69) is 69.1 Å². The van der Waals surface area contributed by atoms with Gasteiger partial charge in [-0.25, -0.2) is 19.6 Å². The van der Waals surface area contributed by atoms with Gasteiger partial charge in [-0.2, -0.15) is 19.9 Å². The number of anilines is 4. The first-order valence-electron chi connectivity index (χ1n) is 23.0. The number of hydrogen-bond donors (Lipinski definition) is 8. The van der Waals surface area contributed by atoms with Crippen LogP contribution in [-0.4, -0.2) is 211 Å². The number of carbonyl (C=O) groups is 2. The number of fused-ring (bicyclic) bond motifs is 2. The maximum absolute atomic E-state index is 12.1. The van der Waals surface area contributed by atoms with Crippen molar-refractivity contribution in [3.05, 3.63) is 12.7 Å². The quantitative estimate of drug-likeness (QED) is 0.0918. The number of ether oxygens (including phenoxy) is 2. The SMILES string of the molecule is COC(=O)N[C@H]1C[C@@H](n2cnc3c(NC4CCC(Nc5nc(N6CC[C@@H](N(C)C)C6)nc6c5ncn6[C@@H]5C[C@H](NC(=O)OC)[C@@H](O)[C@H]5O)CC4)nc(N4CC[C@@H](N(C)C)C4)nc32)[C@H](O)[C@@H]1O. The van der Waals surface area contributed by atoms with E-state index >= 15 is 0 Å². The van der Waals surface area contributed by atoms with Gasteiger partial charge in [-0.15, -0.1) is 0 Å². The lowest BCUT2D eigenvalue weighted by Crippen LogP contribution is -2.43. The molecule has 9 rings (SSSR count). The predicted molar refractivity (Wildman–Crippen MR) is 243 cm³/mol. The fourth-order valence-corrected chi connectivity index (χ4v) is 10.5. The minimum Gasteiger partial charge on any atom is -0.453 e. The van der Waals surface area contributed by atoms with Gasteiger partial charge in [0.05, 0.1) is 51.0 Å². The number of aliphatic hydroxyl groups excluding tert-OH is 4. The molecule has 2 saturated heterocycles. The van der Waals surface area contributed by atoms with Crippen LogP contribution >= 0.6 is 0 Å². The van der Waals surface area contributed by atoms with Gasteiger partial charge in [-0.05, 0) is 79.6 Å². The molecular weight excluding hydrogens is 857 g/mol. The number of imidazole rings is 2. The fourth-order valence-electron chi connectivity index (χ4n) is 10.5.